The molecule has 108 valence electrons. The van der Waals surface area contributed by atoms with Crippen LogP contribution in [0.5, 0.6) is 0 Å². The van der Waals surface area contributed by atoms with Crippen molar-refractivity contribution in [3.63, 3.8) is 0 Å². The van der Waals surface area contributed by atoms with E-state index in [-0.39, 0.29) is 11.9 Å². The Balaban J connectivity index is 1.53. The van der Waals surface area contributed by atoms with Gasteiger partial charge < -0.3 is 10.6 Å². The highest BCUT2D eigenvalue weighted by Crippen LogP contribution is 2.35. The minimum absolute atomic E-state index is 0.0976. The van der Waals surface area contributed by atoms with Gasteiger partial charge in [-0.1, -0.05) is 44.4 Å². The highest BCUT2D eigenvalue weighted by atomic mass is 16.2. The molecule has 1 amide bonds. The first-order valence-corrected chi connectivity index (χ1v) is 7.78. The van der Waals surface area contributed by atoms with Gasteiger partial charge in [0.15, 0.2) is 0 Å². The van der Waals surface area contributed by atoms with Crippen molar-refractivity contribution < 1.29 is 4.79 Å². The Bertz CT molecular complexity index is 467. The van der Waals surface area contributed by atoms with Crippen LogP contribution in [0.15, 0.2) is 24.3 Å². The second-order valence-electron chi connectivity index (χ2n) is 6.65. The number of fused-ring (bicyclic) bond motifs is 1. The van der Waals surface area contributed by atoms with Crippen LogP contribution in [0.2, 0.25) is 0 Å². The van der Waals surface area contributed by atoms with E-state index in [0.29, 0.717) is 5.41 Å². The van der Waals surface area contributed by atoms with Crippen molar-refractivity contribution >= 4 is 11.6 Å². The quantitative estimate of drug-likeness (QED) is 0.887. The van der Waals surface area contributed by atoms with E-state index in [2.05, 4.69) is 23.6 Å². The lowest BCUT2D eigenvalue weighted by atomic mass is 9.76. The number of amides is 1. The molecular weight excluding hydrogens is 248 g/mol. The second kappa shape index (κ2) is 5.47. The number of anilines is 1. The molecule has 3 rings (SSSR count). The Morgan fingerprint density at radius 3 is 2.80 bits per heavy atom. The van der Waals surface area contributed by atoms with Crippen molar-refractivity contribution in [1.82, 2.24) is 5.32 Å². The number of hydrogen-bond donors (Lipinski definition) is 2. The van der Waals surface area contributed by atoms with Crippen molar-refractivity contribution in [3.8, 4) is 0 Å². The van der Waals surface area contributed by atoms with Gasteiger partial charge in [0.1, 0.15) is 6.04 Å². The second-order valence-corrected chi connectivity index (χ2v) is 6.65. The van der Waals surface area contributed by atoms with Crippen molar-refractivity contribution in [2.75, 3.05) is 11.9 Å². The van der Waals surface area contributed by atoms with Crippen molar-refractivity contribution in [1.29, 1.82) is 0 Å². The molecule has 1 aromatic carbocycles. The van der Waals surface area contributed by atoms with Gasteiger partial charge in [-0.3, -0.25) is 4.79 Å². The third kappa shape index (κ3) is 2.82. The Labute approximate surface area is 121 Å². The number of carbonyl (C=O) groups is 1. The predicted molar refractivity (Wildman–Crippen MR) is 81.8 cm³/mol. The summed E-state index contributed by atoms with van der Waals surface area (Å²) in [5, 5.41) is 6.49. The van der Waals surface area contributed by atoms with E-state index in [1.165, 1.54) is 37.7 Å². The number of carbonyl (C=O) groups excluding carboxylic acids is 1. The van der Waals surface area contributed by atoms with E-state index in [0.717, 1.165) is 18.7 Å². The van der Waals surface area contributed by atoms with Gasteiger partial charge in [-0.15, -0.1) is 0 Å². The zero-order valence-electron chi connectivity index (χ0n) is 12.2. The van der Waals surface area contributed by atoms with Gasteiger partial charge in [0.25, 0.3) is 0 Å². The molecule has 0 unspecified atom stereocenters. The van der Waals surface area contributed by atoms with Gasteiger partial charge in [0, 0.05) is 18.7 Å². The number of rotatable bonds is 3. The fourth-order valence-corrected chi connectivity index (χ4v) is 3.46. The zero-order valence-corrected chi connectivity index (χ0v) is 12.2. The average molecular weight is 272 g/mol. The van der Waals surface area contributed by atoms with Gasteiger partial charge in [0.2, 0.25) is 5.91 Å². The van der Waals surface area contributed by atoms with Gasteiger partial charge in [0.05, 0.1) is 0 Å². The van der Waals surface area contributed by atoms with Gasteiger partial charge in [-0.25, -0.2) is 0 Å². The molecule has 1 fully saturated rings. The molecule has 1 heterocycles. The number of benzene rings is 1. The lowest BCUT2D eigenvalue weighted by Gasteiger charge is -2.34. The highest BCUT2D eigenvalue weighted by molar-refractivity contribution is 5.87. The molecule has 0 saturated heterocycles. The summed E-state index contributed by atoms with van der Waals surface area (Å²) in [6, 6.07) is 8.09. The molecule has 20 heavy (non-hydrogen) atoms. The SMILES string of the molecule is CC1(CNC(=O)[C@@H]2Cc3ccccc3N2)CCCCC1. The number of nitrogens with one attached hydrogen (secondary N) is 2. The zero-order chi connectivity index (χ0) is 14.0. The lowest BCUT2D eigenvalue weighted by Crippen LogP contribution is -2.43. The lowest BCUT2D eigenvalue weighted by molar-refractivity contribution is -0.122. The summed E-state index contributed by atoms with van der Waals surface area (Å²) in [4.78, 5) is 12.3. The highest BCUT2D eigenvalue weighted by Gasteiger charge is 2.30. The molecular formula is C17H24N2O. The molecule has 3 nitrogen and oxygen atoms in total. The summed E-state index contributed by atoms with van der Waals surface area (Å²) in [6.45, 7) is 3.13. The van der Waals surface area contributed by atoms with E-state index < -0.39 is 0 Å². The summed E-state index contributed by atoms with van der Waals surface area (Å²) in [7, 11) is 0. The molecule has 0 spiro atoms. The molecule has 1 aliphatic heterocycles. The minimum atomic E-state index is -0.0976. The first-order chi connectivity index (χ1) is 9.66. The van der Waals surface area contributed by atoms with Crippen LogP contribution < -0.4 is 10.6 Å². The van der Waals surface area contributed by atoms with Gasteiger partial charge in [-0.2, -0.15) is 0 Å². The molecule has 1 atom stereocenters. The van der Waals surface area contributed by atoms with E-state index in [1.54, 1.807) is 0 Å². The molecule has 1 aromatic rings. The molecule has 1 aliphatic carbocycles. The average Bonchev–Trinajstić information content (AvgIpc) is 2.89. The number of hydrogen-bond acceptors (Lipinski definition) is 2. The van der Waals surface area contributed by atoms with Crippen molar-refractivity contribution in [2.24, 2.45) is 5.41 Å². The van der Waals surface area contributed by atoms with Crippen molar-refractivity contribution in [2.45, 2.75) is 51.5 Å². The summed E-state index contributed by atoms with van der Waals surface area (Å²) in [6.07, 6.45) is 7.25. The third-order valence-corrected chi connectivity index (χ3v) is 4.84. The fraction of sp³-hybridized carbons (Fsp3) is 0.588. The molecule has 1 saturated carbocycles. The molecule has 3 heteroatoms. The Morgan fingerprint density at radius 2 is 2.05 bits per heavy atom. The largest absolute Gasteiger partial charge is 0.373 e. The predicted octanol–water partition coefficient (Wildman–Crippen LogP) is 3.11. The minimum Gasteiger partial charge on any atom is -0.373 e. The number of para-hydroxylation sites is 1. The molecule has 2 aliphatic rings. The fourth-order valence-electron chi connectivity index (χ4n) is 3.46. The molecule has 0 radical (unpaired) electrons. The van der Waals surface area contributed by atoms with E-state index in [1.807, 2.05) is 18.2 Å². The van der Waals surface area contributed by atoms with Crippen molar-refractivity contribution in [3.05, 3.63) is 29.8 Å². The maximum Gasteiger partial charge on any atom is 0.242 e. The Kier molecular flexibility index (Phi) is 3.68. The maximum absolute atomic E-state index is 12.3. The standard InChI is InChI=1S/C17H24N2O/c1-17(9-5-2-6-10-17)12-18-16(20)15-11-13-7-3-4-8-14(13)19-15/h3-4,7-8,15,19H,2,5-6,9-12H2,1H3,(H,18,20)/t15-/m0/s1. The first kappa shape index (κ1) is 13.5. The first-order valence-electron chi connectivity index (χ1n) is 7.78. The summed E-state index contributed by atoms with van der Waals surface area (Å²) in [5.41, 5.74) is 2.66. The van der Waals surface area contributed by atoms with Crippen LogP contribution >= 0.6 is 0 Å². The Morgan fingerprint density at radius 1 is 1.30 bits per heavy atom. The third-order valence-electron chi connectivity index (χ3n) is 4.84. The van der Waals surface area contributed by atoms with Crippen LogP contribution in [0.1, 0.15) is 44.6 Å². The monoisotopic (exact) mass is 272 g/mol. The van der Waals surface area contributed by atoms with Crippen LogP contribution in [0.25, 0.3) is 0 Å². The maximum atomic E-state index is 12.3. The van der Waals surface area contributed by atoms with Crippen LogP contribution in [-0.4, -0.2) is 18.5 Å². The van der Waals surface area contributed by atoms with E-state index >= 15 is 0 Å². The van der Waals surface area contributed by atoms with E-state index in [9.17, 15) is 4.79 Å². The molecule has 2 N–H and O–H groups in total. The Hall–Kier alpha value is -1.51. The van der Waals surface area contributed by atoms with Gasteiger partial charge >= 0.3 is 0 Å². The smallest absolute Gasteiger partial charge is 0.242 e. The summed E-state index contributed by atoms with van der Waals surface area (Å²) >= 11 is 0. The summed E-state index contributed by atoms with van der Waals surface area (Å²) in [5.74, 6) is 0.146. The molecule has 0 aromatic heterocycles. The van der Waals surface area contributed by atoms with Crippen LogP contribution in [0, 0.1) is 5.41 Å². The summed E-state index contributed by atoms with van der Waals surface area (Å²) < 4.78 is 0. The molecule has 0 bridgehead atoms. The topological polar surface area (TPSA) is 41.1 Å². The van der Waals surface area contributed by atoms with E-state index in [4.69, 9.17) is 0 Å². The van der Waals surface area contributed by atoms with Crippen LogP contribution in [0.4, 0.5) is 5.69 Å². The van der Waals surface area contributed by atoms with Crippen LogP contribution in [-0.2, 0) is 11.2 Å². The normalized spacial score (nSPS) is 23.8. The van der Waals surface area contributed by atoms with Gasteiger partial charge in [-0.05, 0) is 29.9 Å². The van der Waals surface area contributed by atoms with Crippen LogP contribution in [0.3, 0.4) is 0 Å².